The molecule has 3 aromatic rings. The molecule has 0 spiro atoms. The van der Waals surface area contributed by atoms with E-state index in [0.29, 0.717) is 19.8 Å². The molecule has 174 valence electrons. The number of benzene rings is 2. The van der Waals surface area contributed by atoms with Crippen molar-refractivity contribution in [2.75, 3.05) is 51.8 Å². The quantitative estimate of drug-likeness (QED) is 0.510. The zero-order valence-corrected chi connectivity index (χ0v) is 19.3. The molecule has 0 unspecified atom stereocenters. The first-order valence-corrected chi connectivity index (χ1v) is 12.2. The van der Waals surface area contributed by atoms with Crippen LogP contribution in [0.3, 0.4) is 0 Å². The van der Waals surface area contributed by atoms with E-state index in [-0.39, 0.29) is 21.7 Å². The highest BCUT2D eigenvalue weighted by Crippen LogP contribution is 2.29. The van der Waals surface area contributed by atoms with Crippen molar-refractivity contribution in [1.82, 2.24) is 9.88 Å². The Balaban J connectivity index is 1.57. The molecule has 1 aromatic heterocycles. The summed E-state index contributed by atoms with van der Waals surface area (Å²) in [6.45, 7) is 4.37. The minimum absolute atomic E-state index is 0.120. The second-order valence-corrected chi connectivity index (χ2v) is 9.36. The Morgan fingerprint density at radius 3 is 2.48 bits per heavy atom. The van der Waals surface area contributed by atoms with Gasteiger partial charge >= 0.3 is 0 Å². The molecular weight excluding hydrogens is 442 g/mol. The predicted octanol–water partition coefficient (Wildman–Crippen LogP) is 3.43. The second kappa shape index (κ2) is 10.7. The number of anilines is 1. The van der Waals surface area contributed by atoms with Gasteiger partial charge in [0.05, 0.1) is 25.2 Å². The van der Waals surface area contributed by atoms with E-state index < -0.39 is 9.84 Å². The zero-order valence-electron chi connectivity index (χ0n) is 18.4. The molecule has 0 bridgehead atoms. The van der Waals surface area contributed by atoms with Gasteiger partial charge in [0.25, 0.3) is 0 Å². The summed E-state index contributed by atoms with van der Waals surface area (Å²) in [7, 11) is -2.24. The molecule has 8 nitrogen and oxygen atoms in total. The van der Waals surface area contributed by atoms with Gasteiger partial charge in [0, 0.05) is 32.3 Å². The van der Waals surface area contributed by atoms with Crippen LogP contribution >= 0.6 is 0 Å². The number of hydrogen-bond donors (Lipinski definition) is 1. The Bertz CT molecular complexity index is 1170. The molecule has 4 rings (SSSR count). The van der Waals surface area contributed by atoms with Gasteiger partial charge in [-0.3, -0.25) is 4.90 Å². The van der Waals surface area contributed by atoms with Crippen molar-refractivity contribution >= 4 is 27.9 Å². The Morgan fingerprint density at radius 1 is 1.06 bits per heavy atom. The van der Waals surface area contributed by atoms with Crippen molar-refractivity contribution in [1.29, 1.82) is 0 Å². The maximum absolute atomic E-state index is 13.3. The molecule has 1 aliphatic rings. The van der Waals surface area contributed by atoms with Crippen molar-refractivity contribution < 1.29 is 22.3 Å². The molecule has 1 N–H and O–H groups in total. The third-order valence-electron chi connectivity index (χ3n) is 5.27. The molecule has 0 amide bonds. The lowest BCUT2D eigenvalue weighted by atomic mass is 10.2. The lowest BCUT2D eigenvalue weighted by Gasteiger charge is -2.26. The number of morpholine rings is 1. The molecule has 9 heteroatoms. The number of sulfone groups is 1. The number of methoxy groups -OCH3 is 1. The van der Waals surface area contributed by atoms with E-state index in [2.05, 4.69) is 15.2 Å². The van der Waals surface area contributed by atoms with E-state index in [9.17, 15) is 8.42 Å². The zero-order chi connectivity index (χ0) is 23.1. The third-order valence-corrected chi connectivity index (χ3v) is 6.95. The molecule has 0 atom stereocenters. The third kappa shape index (κ3) is 5.81. The molecule has 0 saturated carbocycles. The van der Waals surface area contributed by atoms with Gasteiger partial charge in [0.2, 0.25) is 26.6 Å². The molecule has 2 heterocycles. The van der Waals surface area contributed by atoms with Crippen LogP contribution in [-0.2, 0) is 14.6 Å². The van der Waals surface area contributed by atoms with E-state index >= 15 is 0 Å². The molecular formula is C24H27N3O5S. The van der Waals surface area contributed by atoms with Crippen molar-refractivity contribution in [3.63, 3.8) is 0 Å². The van der Waals surface area contributed by atoms with Gasteiger partial charge in [-0.15, -0.1) is 0 Å². The first kappa shape index (κ1) is 23.0. The van der Waals surface area contributed by atoms with Crippen LogP contribution in [-0.4, -0.2) is 64.8 Å². The van der Waals surface area contributed by atoms with Crippen molar-refractivity contribution in [2.24, 2.45) is 0 Å². The molecule has 1 aliphatic heterocycles. The largest absolute Gasteiger partial charge is 0.497 e. The van der Waals surface area contributed by atoms with Crippen LogP contribution in [0.2, 0.25) is 0 Å². The van der Waals surface area contributed by atoms with Gasteiger partial charge in [-0.2, -0.15) is 4.98 Å². The predicted molar refractivity (Wildman–Crippen MR) is 126 cm³/mol. The van der Waals surface area contributed by atoms with Crippen LogP contribution in [0.1, 0.15) is 11.5 Å². The van der Waals surface area contributed by atoms with Crippen LogP contribution in [0.25, 0.3) is 12.2 Å². The Kier molecular flexibility index (Phi) is 7.43. The van der Waals surface area contributed by atoms with Crippen LogP contribution in [0.15, 0.2) is 68.9 Å². The summed E-state index contributed by atoms with van der Waals surface area (Å²) in [5.74, 6) is 1.10. The summed E-state index contributed by atoms with van der Waals surface area (Å²) < 4.78 is 42.9. The number of aromatic nitrogens is 1. The van der Waals surface area contributed by atoms with E-state index in [1.54, 1.807) is 43.5 Å². The SMILES string of the molecule is COc1ccc(C=Cc2nc(S(=O)(=O)c3ccccc3)c(NCCN3CCOCC3)o2)cc1. The van der Waals surface area contributed by atoms with Gasteiger partial charge in [-0.05, 0) is 35.9 Å². The van der Waals surface area contributed by atoms with Gasteiger partial charge in [0.15, 0.2) is 0 Å². The average molecular weight is 470 g/mol. The van der Waals surface area contributed by atoms with Crippen molar-refractivity contribution in [3.8, 4) is 5.75 Å². The first-order valence-electron chi connectivity index (χ1n) is 10.7. The lowest BCUT2D eigenvalue weighted by molar-refractivity contribution is 0.0398. The number of ether oxygens (including phenoxy) is 2. The molecule has 0 aliphatic carbocycles. The summed E-state index contributed by atoms with van der Waals surface area (Å²) in [5, 5.41) is 3.01. The van der Waals surface area contributed by atoms with Gasteiger partial charge in [-0.25, -0.2) is 8.42 Å². The number of nitrogens with one attached hydrogen (secondary N) is 1. The van der Waals surface area contributed by atoms with Crippen molar-refractivity contribution in [3.05, 3.63) is 66.1 Å². The molecule has 2 aromatic carbocycles. The summed E-state index contributed by atoms with van der Waals surface area (Å²) in [4.78, 5) is 6.73. The number of nitrogens with zero attached hydrogens (tertiary/aromatic N) is 2. The Morgan fingerprint density at radius 2 is 1.79 bits per heavy atom. The van der Waals surface area contributed by atoms with E-state index in [1.165, 1.54) is 0 Å². The van der Waals surface area contributed by atoms with E-state index in [4.69, 9.17) is 13.9 Å². The maximum atomic E-state index is 13.3. The fraction of sp³-hybridized carbons (Fsp3) is 0.292. The number of hydrogen-bond acceptors (Lipinski definition) is 8. The molecule has 1 saturated heterocycles. The van der Waals surface area contributed by atoms with Crippen LogP contribution < -0.4 is 10.1 Å². The highest BCUT2D eigenvalue weighted by Gasteiger charge is 2.27. The molecule has 0 radical (unpaired) electrons. The fourth-order valence-corrected chi connectivity index (χ4v) is 4.74. The minimum Gasteiger partial charge on any atom is -0.497 e. The van der Waals surface area contributed by atoms with Crippen LogP contribution in [0.5, 0.6) is 5.75 Å². The maximum Gasteiger partial charge on any atom is 0.233 e. The Hall–Kier alpha value is -3.14. The second-order valence-electron chi connectivity index (χ2n) is 7.49. The van der Waals surface area contributed by atoms with Gasteiger partial charge < -0.3 is 19.2 Å². The fourth-order valence-electron chi connectivity index (χ4n) is 3.43. The van der Waals surface area contributed by atoms with Gasteiger partial charge in [-0.1, -0.05) is 30.3 Å². The van der Waals surface area contributed by atoms with Gasteiger partial charge in [0.1, 0.15) is 5.75 Å². The summed E-state index contributed by atoms with van der Waals surface area (Å²) in [5.41, 5.74) is 0.906. The molecule has 1 fully saturated rings. The normalized spacial score (nSPS) is 15.1. The standard InChI is InChI=1S/C24H27N3O5S/c1-30-20-10-7-19(8-11-20)9-12-22-26-24(33(28,29)21-5-3-2-4-6-21)23(32-22)25-13-14-27-15-17-31-18-16-27/h2-12,25H,13-18H2,1H3. The average Bonchev–Trinajstić information content (AvgIpc) is 3.28. The van der Waals surface area contributed by atoms with Crippen molar-refractivity contribution in [2.45, 2.75) is 9.92 Å². The van der Waals surface area contributed by atoms with E-state index in [1.807, 2.05) is 30.3 Å². The Labute approximate surface area is 193 Å². The summed E-state index contributed by atoms with van der Waals surface area (Å²) in [6, 6.07) is 15.7. The topological polar surface area (TPSA) is 93.9 Å². The number of rotatable bonds is 9. The molecule has 33 heavy (non-hydrogen) atoms. The highest BCUT2D eigenvalue weighted by atomic mass is 32.2. The smallest absolute Gasteiger partial charge is 0.233 e. The summed E-state index contributed by atoms with van der Waals surface area (Å²) in [6.07, 6.45) is 3.46. The monoisotopic (exact) mass is 469 g/mol. The highest BCUT2D eigenvalue weighted by molar-refractivity contribution is 7.91. The lowest BCUT2D eigenvalue weighted by Crippen LogP contribution is -2.39. The van der Waals surface area contributed by atoms with E-state index in [0.717, 1.165) is 30.9 Å². The van der Waals surface area contributed by atoms with Crippen LogP contribution in [0.4, 0.5) is 5.88 Å². The van der Waals surface area contributed by atoms with Crippen LogP contribution in [0, 0.1) is 0 Å². The first-order chi connectivity index (χ1) is 16.1. The number of oxazole rings is 1. The summed E-state index contributed by atoms with van der Waals surface area (Å²) >= 11 is 0. The minimum atomic E-state index is -3.85.